The number of nitrogens with two attached hydrogens (primary N) is 1. The highest BCUT2D eigenvalue weighted by Crippen LogP contribution is 2.28. The van der Waals surface area contributed by atoms with E-state index in [1.807, 2.05) is 13.8 Å². The number of benzene rings is 1. The lowest BCUT2D eigenvalue weighted by atomic mass is 9.93. The zero-order valence-electron chi connectivity index (χ0n) is 11.6. The van der Waals surface area contributed by atoms with Crippen molar-refractivity contribution in [3.05, 3.63) is 30.1 Å². The molecular formula is C13H21FN2O2S. The van der Waals surface area contributed by atoms with Crippen LogP contribution in [-0.4, -0.2) is 31.9 Å². The Labute approximate surface area is 114 Å². The van der Waals surface area contributed by atoms with E-state index in [2.05, 4.69) is 0 Å². The lowest BCUT2D eigenvalue weighted by Gasteiger charge is -2.38. The summed E-state index contributed by atoms with van der Waals surface area (Å²) in [5.74, 6) is -0.569. The van der Waals surface area contributed by atoms with Gasteiger partial charge >= 0.3 is 0 Å². The van der Waals surface area contributed by atoms with Crippen molar-refractivity contribution < 1.29 is 12.8 Å². The average molecular weight is 288 g/mol. The number of nitrogens with zero attached hydrogens (tertiary/aromatic N) is 1. The Morgan fingerprint density at radius 3 is 2.32 bits per heavy atom. The second-order valence-electron chi connectivity index (χ2n) is 4.57. The lowest BCUT2D eigenvalue weighted by molar-refractivity contribution is 0.208. The van der Waals surface area contributed by atoms with E-state index in [1.54, 1.807) is 0 Å². The normalized spacial score (nSPS) is 12.9. The number of hydrogen-bond donors (Lipinski definition) is 1. The molecule has 1 rings (SSSR count). The van der Waals surface area contributed by atoms with Gasteiger partial charge in [0.25, 0.3) is 0 Å². The second-order valence-corrected chi connectivity index (χ2v) is 6.53. The highest BCUT2D eigenvalue weighted by molar-refractivity contribution is 7.89. The number of rotatable bonds is 6. The van der Waals surface area contributed by atoms with Gasteiger partial charge in [-0.2, -0.15) is 4.31 Å². The van der Waals surface area contributed by atoms with Crippen LogP contribution in [0, 0.1) is 5.82 Å². The van der Waals surface area contributed by atoms with Crippen molar-refractivity contribution in [3.8, 4) is 0 Å². The van der Waals surface area contributed by atoms with Gasteiger partial charge in [0.1, 0.15) is 5.82 Å². The molecule has 0 radical (unpaired) electrons. The van der Waals surface area contributed by atoms with Gasteiger partial charge in [-0.15, -0.1) is 0 Å². The number of sulfonamides is 1. The van der Waals surface area contributed by atoms with Crippen LogP contribution in [0.2, 0.25) is 0 Å². The van der Waals surface area contributed by atoms with Crippen LogP contribution >= 0.6 is 0 Å². The third-order valence-electron chi connectivity index (χ3n) is 3.82. The zero-order valence-corrected chi connectivity index (χ0v) is 12.4. The molecule has 4 nitrogen and oxygen atoms in total. The van der Waals surface area contributed by atoms with Gasteiger partial charge in [-0.1, -0.05) is 19.9 Å². The molecule has 0 saturated heterocycles. The molecule has 6 heteroatoms. The van der Waals surface area contributed by atoms with E-state index >= 15 is 0 Å². The first-order valence-electron chi connectivity index (χ1n) is 6.28. The third kappa shape index (κ3) is 2.96. The minimum absolute atomic E-state index is 0.0466. The fourth-order valence-corrected chi connectivity index (χ4v) is 3.82. The summed E-state index contributed by atoms with van der Waals surface area (Å²) in [6.07, 6.45) is 1.20. The highest BCUT2D eigenvalue weighted by Gasteiger charge is 2.37. The Morgan fingerprint density at radius 2 is 1.89 bits per heavy atom. The maximum Gasteiger partial charge on any atom is 0.243 e. The summed E-state index contributed by atoms with van der Waals surface area (Å²) in [5, 5.41) is 0. The van der Waals surface area contributed by atoms with Crippen LogP contribution in [0.1, 0.15) is 26.7 Å². The van der Waals surface area contributed by atoms with Gasteiger partial charge in [0.2, 0.25) is 10.0 Å². The first kappa shape index (κ1) is 16.1. The fourth-order valence-electron chi connectivity index (χ4n) is 2.15. The third-order valence-corrected chi connectivity index (χ3v) is 5.78. The first-order valence-corrected chi connectivity index (χ1v) is 7.72. The van der Waals surface area contributed by atoms with E-state index in [1.165, 1.54) is 29.6 Å². The minimum Gasteiger partial charge on any atom is -0.329 e. The van der Waals surface area contributed by atoms with Crippen LogP contribution in [-0.2, 0) is 10.0 Å². The molecule has 1 aromatic rings. The van der Waals surface area contributed by atoms with Crippen LogP contribution in [0.4, 0.5) is 4.39 Å². The summed E-state index contributed by atoms with van der Waals surface area (Å²) >= 11 is 0. The molecule has 0 heterocycles. The maximum absolute atomic E-state index is 13.2. The highest BCUT2D eigenvalue weighted by atomic mass is 32.2. The minimum atomic E-state index is -3.74. The van der Waals surface area contributed by atoms with Crippen LogP contribution in [0.25, 0.3) is 0 Å². The molecule has 0 aliphatic heterocycles. The van der Waals surface area contributed by atoms with Gasteiger partial charge in [0, 0.05) is 19.1 Å². The smallest absolute Gasteiger partial charge is 0.243 e. The Balaban J connectivity index is 3.27. The molecule has 108 valence electrons. The van der Waals surface area contributed by atoms with E-state index in [9.17, 15) is 12.8 Å². The Kier molecular flexibility index (Phi) is 5.06. The SMILES string of the molecule is CCC(CC)(CN)N(C)S(=O)(=O)c1cccc(F)c1. The van der Waals surface area contributed by atoms with Crippen LogP contribution in [0.5, 0.6) is 0 Å². The van der Waals surface area contributed by atoms with Gasteiger partial charge in [-0.05, 0) is 31.0 Å². The summed E-state index contributed by atoms with van der Waals surface area (Å²) < 4.78 is 39.5. The topological polar surface area (TPSA) is 63.4 Å². The Bertz CT molecular complexity index is 519. The summed E-state index contributed by atoms with van der Waals surface area (Å²) in [6, 6.07) is 5.02. The predicted octanol–water partition coefficient (Wildman–Crippen LogP) is 1.96. The molecule has 0 aliphatic rings. The van der Waals surface area contributed by atoms with E-state index in [-0.39, 0.29) is 11.4 Å². The molecule has 0 amide bonds. The monoisotopic (exact) mass is 288 g/mol. The molecule has 0 atom stereocenters. The summed E-state index contributed by atoms with van der Waals surface area (Å²) in [4.78, 5) is -0.0466. The van der Waals surface area contributed by atoms with Crippen molar-refractivity contribution >= 4 is 10.0 Å². The van der Waals surface area contributed by atoms with Gasteiger partial charge in [-0.3, -0.25) is 0 Å². The molecule has 0 unspecified atom stereocenters. The largest absolute Gasteiger partial charge is 0.329 e. The van der Waals surface area contributed by atoms with Crippen molar-refractivity contribution in [2.24, 2.45) is 5.73 Å². The van der Waals surface area contributed by atoms with Crippen molar-refractivity contribution in [1.82, 2.24) is 4.31 Å². The number of hydrogen-bond acceptors (Lipinski definition) is 3. The van der Waals surface area contributed by atoms with Gasteiger partial charge in [0.05, 0.1) is 4.90 Å². The summed E-state index contributed by atoms with van der Waals surface area (Å²) in [6.45, 7) is 4.02. The molecule has 0 saturated carbocycles. The molecule has 0 fully saturated rings. The van der Waals surface area contributed by atoms with Crippen molar-refractivity contribution in [1.29, 1.82) is 0 Å². The van der Waals surface area contributed by atoms with Crippen molar-refractivity contribution in [2.45, 2.75) is 37.1 Å². The maximum atomic E-state index is 13.2. The Morgan fingerprint density at radius 1 is 1.32 bits per heavy atom. The van der Waals surface area contributed by atoms with Gasteiger partial charge in [0.15, 0.2) is 0 Å². The van der Waals surface area contributed by atoms with E-state index in [4.69, 9.17) is 5.73 Å². The van der Waals surface area contributed by atoms with Crippen LogP contribution < -0.4 is 5.73 Å². The van der Waals surface area contributed by atoms with Crippen LogP contribution in [0.3, 0.4) is 0 Å². The molecule has 2 N–H and O–H groups in total. The van der Waals surface area contributed by atoms with E-state index < -0.39 is 21.4 Å². The van der Waals surface area contributed by atoms with E-state index in [0.717, 1.165) is 6.07 Å². The quantitative estimate of drug-likeness (QED) is 0.870. The van der Waals surface area contributed by atoms with Gasteiger partial charge in [-0.25, -0.2) is 12.8 Å². The zero-order chi connectivity index (χ0) is 14.7. The number of halogens is 1. The molecule has 0 aliphatic carbocycles. The molecular weight excluding hydrogens is 267 g/mol. The van der Waals surface area contributed by atoms with Gasteiger partial charge < -0.3 is 5.73 Å². The molecule has 19 heavy (non-hydrogen) atoms. The molecule has 0 bridgehead atoms. The van der Waals surface area contributed by atoms with E-state index in [0.29, 0.717) is 12.8 Å². The molecule has 0 aromatic heterocycles. The first-order chi connectivity index (χ1) is 8.84. The average Bonchev–Trinajstić information content (AvgIpc) is 2.41. The lowest BCUT2D eigenvalue weighted by Crippen LogP contribution is -2.53. The summed E-state index contributed by atoms with van der Waals surface area (Å²) in [5.41, 5.74) is 5.12. The fraction of sp³-hybridized carbons (Fsp3) is 0.538. The van der Waals surface area contributed by atoms with Crippen molar-refractivity contribution in [2.75, 3.05) is 13.6 Å². The second kappa shape index (κ2) is 5.98. The molecule has 1 aromatic carbocycles. The summed E-state index contributed by atoms with van der Waals surface area (Å²) in [7, 11) is -2.24. The van der Waals surface area contributed by atoms with Crippen LogP contribution in [0.15, 0.2) is 29.2 Å². The molecule has 0 spiro atoms. The standard InChI is InChI=1S/C13H21FN2O2S/c1-4-13(5-2,10-15)16(3)19(17,18)12-8-6-7-11(14)9-12/h6-9H,4-5,10,15H2,1-3H3. The van der Waals surface area contributed by atoms with Crippen molar-refractivity contribution in [3.63, 3.8) is 0 Å². The predicted molar refractivity (Wildman–Crippen MR) is 73.7 cm³/mol. The number of likely N-dealkylation sites (N-methyl/N-ethyl adjacent to an activating group) is 1. The Hall–Kier alpha value is -0.980.